The maximum absolute atomic E-state index is 13.7. The Hall–Kier alpha value is -2.70. The van der Waals surface area contributed by atoms with Crippen molar-refractivity contribution in [3.63, 3.8) is 0 Å². The third-order valence-electron chi connectivity index (χ3n) is 4.77. The van der Waals surface area contributed by atoms with Crippen LogP contribution in [-0.4, -0.2) is 24.0 Å². The van der Waals surface area contributed by atoms with Crippen molar-refractivity contribution in [1.82, 2.24) is 10.2 Å². The molecule has 1 N–H and O–H groups in total. The fraction of sp³-hybridized carbons (Fsp3) is 0.227. The Morgan fingerprint density at radius 2 is 2.11 bits per heavy atom. The smallest absolute Gasteiger partial charge is 0.251 e. The van der Waals surface area contributed by atoms with Crippen LogP contribution in [0, 0.1) is 5.82 Å². The molecule has 6 heteroatoms. The molecule has 0 saturated heterocycles. The van der Waals surface area contributed by atoms with Crippen LogP contribution in [-0.2, 0) is 19.6 Å². The topological polar surface area (TPSA) is 41.6 Å². The van der Waals surface area contributed by atoms with E-state index in [1.807, 2.05) is 12.1 Å². The van der Waals surface area contributed by atoms with Gasteiger partial charge in [-0.3, -0.25) is 9.69 Å². The third-order valence-corrected chi connectivity index (χ3v) is 5.50. The average molecular weight is 396 g/mol. The van der Waals surface area contributed by atoms with Gasteiger partial charge in [0, 0.05) is 42.9 Å². The second-order valence-corrected chi connectivity index (χ2v) is 7.57. The highest BCUT2D eigenvalue weighted by Gasteiger charge is 2.18. The van der Waals surface area contributed by atoms with Gasteiger partial charge in [-0.2, -0.15) is 11.3 Å². The summed E-state index contributed by atoms with van der Waals surface area (Å²) in [5.74, 6) is 0.278. The number of amides is 1. The zero-order valence-electron chi connectivity index (χ0n) is 15.4. The van der Waals surface area contributed by atoms with E-state index in [0.717, 1.165) is 30.9 Å². The summed E-state index contributed by atoms with van der Waals surface area (Å²) < 4.78 is 19.6. The molecule has 28 heavy (non-hydrogen) atoms. The van der Waals surface area contributed by atoms with E-state index < -0.39 is 0 Å². The lowest BCUT2D eigenvalue weighted by Gasteiger charge is -2.18. The predicted octanol–water partition coefficient (Wildman–Crippen LogP) is 4.21. The number of thiophene rings is 1. The fourth-order valence-electron chi connectivity index (χ4n) is 3.28. The molecule has 0 fully saturated rings. The molecule has 4 nitrogen and oxygen atoms in total. The van der Waals surface area contributed by atoms with Crippen molar-refractivity contribution in [2.75, 3.05) is 13.2 Å². The van der Waals surface area contributed by atoms with Gasteiger partial charge in [-0.15, -0.1) is 0 Å². The van der Waals surface area contributed by atoms with Gasteiger partial charge in [0.05, 0.1) is 0 Å². The number of carbonyl (C=O) groups is 1. The van der Waals surface area contributed by atoms with Crippen molar-refractivity contribution in [3.8, 4) is 5.75 Å². The van der Waals surface area contributed by atoms with E-state index in [0.29, 0.717) is 17.7 Å². The summed E-state index contributed by atoms with van der Waals surface area (Å²) >= 11 is 1.69. The second-order valence-electron chi connectivity index (χ2n) is 6.79. The van der Waals surface area contributed by atoms with Crippen molar-refractivity contribution in [1.29, 1.82) is 0 Å². The van der Waals surface area contributed by atoms with E-state index in [1.165, 1.54) is 11.6 Å². The molecule has 1 aliphatic rings. The molecule has 0 atom stereocenters. The SMILES string of the molecule is O=C(NCc1ccccc1F)c1ccc2c(c1)CN(Cc1ccsc1)CCO2. The third kappa shape index (κ3) is 4.40. The van der Waals surface area contributed by atoms with E-state index in [9.17, 15) is 9.18 Å². The monoisotopic (exact) mass is 396 g/mol. The molecule has 4 rings (SSSR count). The second kappa shape index (κ2) is 8.54. The molecule has 1 amide bonds. The first-order valence-corrected chi connectivity index (χ1v) is 10.1. The van der Waals surface area contributed by atoms with Gasteiger partial charge in [-0.05, 0) is 46.7 Å². The first-order valence-electron chi connectivity index (χ1n) is 9.20. The van der Waals surface area contributed by atoms with Crippen LogP contribution in [0.5, 0.6) is 5.75 Å². The molecule has 0 bridgehead atoms. The van der Waals surface area contributed by atoms with Crippen molar-refractivity contribution in [2.45, 2.75) is 19.6 Å². The first-order chi connectivity index (χ1) is 13.7. The molecule has 0 unspecified atom stereocenters. The van der Waals surface area contributed by atoms with E-state index in [4.69, 9.17) is 4.74 Å². The number of rotatable bonds is 5. The number of nitrogens with one attached hydrogen (secondary N) is 1. The predicted molar refractivity (Wildman–Crippen MR) is 108 cm³/mol. The molecule has 1 aliphatic heterocycles. The quantitative estimate of drug-likeness (QED) is 0.702. The molecule has 1 aromatic heterocycles. The molecule has 2 aromatic carbocycles. The highest BCUT2D eigenvalue weighted by Crippen LogP contribution is 2.25. The highest BCUT2D eigenvalue weighted by molar-refractivity contribution is 7.07. The average Bonchev–Trinajstić information content (AvgIpc) is 3.12. The maximum Gasteiger partial charge on any atom is 0.251 e. The van der Waals surface area contributed by atoms with Gasteiger partial charge in [-0.1, -0.05) is 18.2 Å². The summed E-state index contributed by atoms with van der Waals surface area (Å²) in [7, 11) is 0. The van der Waals surface area contributed by atoms with Gasteiger partial charge >= 0.3 is 0 Å². The minimum absolute atomic E-state index is 0.156. The Bertz CT molecular complexity index is 959. The van der Waals surface area contributed by atoms with Crippen LogP contribution in [0.1, 0.15) is 27.0 Å². The Morgan fingerprint density at radius 1 is 1.21 bits per heavy atom. The number of hydrogen-bond acceptors (Lipinski definition) is 4. The Morgan fingerprint density at radius 3 is 2.93 bits per heavy atom. The molecule has 144 valence electrons. The number of benzene rings is 2. The Kier molecular flexibility index (Phi) is 5.69. The molecule has 2 heterocycles. The largest absolute Gasteiger partial charge is 0.492 e. The molecule has 0 radical (unpaired) electrons. The normalized spacial score (nSPS) is 14.0. The molecule has 0 aliphatic carbocycles. The van der Waals surface area contributed by atoms with Gasteiger partial charge < -0.3 is 10.1 Å². The molecule has 3 aromatic rings. The van der Waals surface area contributed by atoms with E-state index >= 15 is 0 Å². The van der Waals surface area contributed by atoms with Crippen LogP contribution in [0.2, 0.25) is 0 Å². The van der Waals surface area contributed by atoms with Crippen molar-refractivity contribution < 1.29 is 13.9 Å². The molecule has 0 saturated carbocycles. The number of hydrogen-bond donors (Lipinski definition) is 1. The minimum Gasteiger partial charge on any atom is -0.492 e. The van der Waals surface area contributed by atoms with Crippen molar-refractivity contribution >= 4 is 17.2 Å². The van der Waals surface area contributed by atoms with E-state index in [1.54, 1.807) is 35.6 Å². The van der Waals surface area contributed by atoms with Gasteiger partial charge in [0.1, 0.15) is 18.2 Å². The number of halogens is 1. The van der Waals surface area contributed by atoms with Crippen LogP contribution in [0.3, 0.4) is 0 Å². The van der Waals surface area contributed by atoms with Gasteiger partial charge in [0.2, 0.25) is 0 Å². The van der Waals surface area contributed by atoms with Gasteiger partial charge in [0.25, 0.3) is 5.91 Å². The van der Waals surface area contributed by atoms with Gasteiger partial charge in [-0.25, -0.2) is 4.39 Å². The first kappa shape index (κ1) is 18.7. The summed E-state index contributed by atoms with van der Waals surface area (Å²) in [5, 5.41) is 7.03. The summed E-state index contributed by atoms with van der Waals surface area (Å²) in [6, 6.07) is 14.1. The van der Waals surface area contributed by atoms with E-state index in [2.05, 4.69) is 27.0 Å². The molecular weight excluding hydrogens is 375 g/mol. The number of carbonyl (C=O) groups excluding carboxylic acids is 1. The maximum atomic E-state index is 13.7. The lowest BCUT2D eigenvalue weighted by Crippen LogP contribution is -2.25. The van der Waals surface area contributed by atoms with Crippen LogP contribution < -0.4 is 10.1 Å². The summed E-state index contributed by atoms with van der Waals surface area (Å²) in [5.41, 5.74) is 3.30. The van der Waals surface area contributed by atoms with Crippen molar-refractivity contribution in [2.24, 2.45) is 0 Å². The number of ether oxygens (including phenoxy) is 1. The number of nitrogens with zero attached hydrogens (tertiary/aromatic N) is 1. The minimum atomic E-state index is -0.317. The Labute approximate surface area is 167 Å². The number of fused-ring (bicyclic) bond motifs is 1. The summed E-state index contributed by atoms with van der Waals surface area (Å²) in [6.45, 7) is 3.19. The van der Waals surface area contributed by atoms with Crippen LogP contribution in [0.15, 0.2) is 59.3 Å². The zero-order valence-corrected chi connectivity index (χ0v) is 16.2. The van der Waals surface area contributed by atoms with Crippen LogP contribution in [0.25, 0.3) is 0 Å². The lowest BCUT2D eigenvalue weighted by molar-refractivity contribution is 0.0950. The molecular formula is C22H21FN2O2S. The Balaban J connectivity index is 1.45. The standard InChI is InChI=1S/C22H21FN2O2S/c23-20-4-2-1-3-18(20)12-24-22(26)17-5-6-21-19(11-17)14-25(8-9-27-21)13-16-7-10-28-15-16/h1-7,10-11,15H,8-9,12-14H2,(H,24,26). The highest BCUT2D eigenvalue weighted by atomic mass is 32.1. The van der Waals surface area contributed by atoms with Crippen molar-refractivity contribution in [3.05, 3.63) is 87.4 Å². The summed E-state index contributed by atoms with van der Waals surface area (Å²) in [4.78, 5) is 14.9. The molecule has 0 spiro atoms. The summed E-state index contributed by atoms with van der Waals surface area (Å²) in [6.07, 6.45) is 0. The van der Waals surface area contributed by atoms with E-state index in [-0.39, 0.29) is 18.3 Å². The zero-order chi connectivity index (χ0) is 19.3. The van der Waals surface area contributed by atoms with Gasteiger partial charge in [0.15, 0.2) is 0 Å². The lowest BCUT2D eigenvalue weighted by atomic mass is 10.1. The van der Waals surface area contributed by atoms with Crippen LogP contribution >= 0.6 is 11.3 Å². The van der Waals surface area contributed by atoms with Crippen LogP contribution in [0.4, 0.5) is 4.39 Å². The fourth-order valence-corrected chi connectivity index (χ4v) is 3.94.